The van der Waals surface area contributed by atoms with E-state index in [0.29, 0.717) is 38.3 Å². The van der Waals surface area contributed by atoms with E-state index in [4.69, 9.17) is 4.74 Å². The van der Waals surface area contributed by atoms with Crippen LogP contribution < -0.4 is 5.32 Å². The highest BCUT2D eigenvalue weighted by Gasteiger charge is 2.25. The number of pyridine rings is 1. The predicted molar refractivity (Wildman–Crippen MR) is 107 cm³/mol. The van der Waals surface area contributed by atoms with Crippen LogP contribution in [0.3, 0.4) is 0 Å². The summed E-state index contributed by atoms with van der Waals surface area (Å²) < 4.78 is 5.01. The second-order valence-electron chi connectivity index (χ2n) is 6.69. The van der Waals surface area contributed by atoms with Crippen LogP contribution >= 0.6 is 0 Å². The number of carbonyl (C=O) groups excluding carboxylic acids is 2. The lowest BCUT2D eigenvalue weighted by Gasteiger charge is -2.34. The molecule has 2 aromatic rings. The Morgan fingerprint density at radius 1 is 1.07 bits per heavy atom. The molecular formula is C21H26N4O3. The number of ether oxygens (including phenoxy) is 1. The number of carbonyl (C=O) groups is 2. The molecule has 0 spiro atoms. The molecule has 7 heteroatoms. The van der Waals surface area contributed by atoms with Crippen LogP contribution in [0.1, 0.15) is 35.8 Å². The predicted octanol–water partition coefficient (Wildman–Crippen LogP) is 3.17. The van der Waals surface area contributed by atoms with Crippen molar-refractivity contribution in [3.8, 4) is 0 Å². The number of nitrogens with one attached hydrogen (secondary N) is 1. The average molecular weight is 382 g/mol. The minimum absolute atomic E-state index is 0.0707. The third-order valence-electron chi connectivity index (χ3n) is 4.77. The monoisotopic (exact) mass is 382 g/mol. The van der Waals surface area contributed by atoms with Gasteiger partial charge >= 0.3 is 6.09 Å². The molecule has 1 saturated heterocycles. The smallest absolute Gasteiger partial charge is 0.409 e. The third kappa shape index (κ3) is 4.79. The van der Waals surface area contributed by atoms with Crippen LogP contribution in [0.25, 0.3) is 0 Å². The summed E-state index contributed by atoms with van der Waals surface area (Å²) in [6.45, 7) is 6.14. The minimum Gasteiger partial charge on any atom is -0.450 e. The standard InChI is InChI=1S/C21H26N4O3/c1-3-28-21(27)25-13-11-24(12-14-25)20(26)18-9-10-19(22-15-18)23-16(2)17-7-5-4-6-8-17/h4-10,15-16H,3,11-14H2,1-2H3,(H,22,23). The largest absolute Gasteiger partial charge is 0.450 e. The SMILES string of the molecule is CCOC(=O)N1CCN(C(=O)c2ccc(NC(C)c3ccccc3)nc2)CC1. The van der Waals surface area contributed by atoms with E-state index in [1.54, 1.807) is 29.0 Å². The molecule has 3 rings (SSSR count). The van der Waals surface area contributed by atoms with Gasteiger partial charge in [0.1, 0.15) is 5.82 Å². The Morgan fingerprint density at radius 3 is 2.36 bits per heavy atom. The van der Waals surface area contributed by atoms with Crippen LogP contribution in [0.2, 0.25) is 0 Å². The molecule has 1 N–H and O–H groups in total. The molecule has 0 bridgehead atoms. The zero-order valence-corrected chi connectivity index (χ0v) is 16.3. The summed E-state index contributed by atoms with van der Waals surface area (Å²) in [4.78, 5) is 32.2. The van der Waals surface area contributed by atoms with E-state index >= 15 is 0 Å². The first-order valence-electron chi connectivity index (χ1n) is 9.57. The van der Waals surface area contributed by atoms with Crippen LogP contribution in [-0.4, -0.2) is 59.6 Å². The van der Waals surface area contributed by atoms with Gasteiger partial charge in [-0.3, -0.25) is 4.79 Å². The molecule has 28 heavy (non-hydrogen) atoms. The van der Waals surface area contributed by atoms with E-state index in [1.165, 1.54) is 5.56 Å². The van der Waals surface area contributed by atoms with Gasteiger partial charge in [-0.05, 0) is 31.5 Å². The van der Waals surface area contributed by atoms with Crippen molar-refractivity contribution < 1.29 is 14.3 Å². The van der Waals surface area contributed by atoms with E-state index in [-0.39, 0.29) is 18.0 Å². The molecule has 0 aliphatic carbocycles. The minimum atomic E-state index is -0.320. The van der Waals surface area contributed by atoms with Crippen molar-refractivity contribution in [2.75, 3.05) is 38.1 Å². The molecule has 148 valence electrons. The molecule has 0 radical (unpaired) electrons. The number of anilines is 1. The van der Waals surface area contributed by atoms with Gasteiger partial charge in [0.2, 0.25) is 0 Å². The Hall–Kier alpha value is -3.09. The van der Waals surface area contributed by atoms with Gasteiger partial charge in [-0.2, -0.15) is 0 Å². The summed E-state index contributed by atoms with van der Waals surface area (Å²) in [5.41, 5.74) is 1.71. The lowest BCUT2D eigenvalue weighted by atomic mass is 10.1. The van der Waals surface area contributed by atoms with Crippen molar-refractivity contribution in [1.29, 1.82) is 0 Å². The van der Waals surface area contributed by atoms with Crippen LogP contribution in [0.15, 0.2) is 48.7 Å². The number of aromatic nitrogens is 1. The number of piperazine rings is 1. The molecular weight excluding hydrogens is 356 g/mol. The molecule has 1 unspecified atom stereocenters. The lowest BCUT2D eigenvalue weighted by molar-refractivity contribution is 0.0570. The molecule has 2 heterocycles. The lowest BCUT2D eigenvalue weighted by Crippen LogP contribution is -2.50. The Bertz CT molecular complexity index is 787. The summed E-state index contributed by atoms with van der Waals surface area (Å²) in [6.07, 6.45) is 1.28. The van der Waals surface area contributed by atoms with Gasteiger partial charge in [-0.1, -0.05) is 30.3 Å². The van der Waals surface area contributed by atoms with Gasteiger partial charge < -0.3 is 19.9 Å². The van der Waals surface area contributed by atoms with Gasteiger partial charge in [0.05, 0.1) is 12.2 Å². The van der Waals surface area contributed by atoms with E-state index in [2.05, 4.69) is 29.4 Å². The molecule has 7 nitrogen and oxygen atoms in total. The molecule has 1 aliphatic heterocycles. The first-order chi connectivity index (χ1) is 13.6. The molecule has 0 saturated carbocycles. The summed E-state index contributed by atoms with van der Waals surface area (Å²) in [5, 5.41) is 3.34. The Balaban J connectivity index is 1.55. The van der Waals surface area contributed by atoms with E-state index in [9.17, 15) is 9.59 Å². The van der Waals surface area contributed by atoms with Gasteiger partial charge in [0.25, 0.3) is 5.91 Å². The van der Waals surface area contributed by atoms with Crippen molar-refractivity contribution in [3.05, 3.63) is 59.8 Å². The molecule has 1 atom stereocenters. The van der Waals surface area contributed by atoms with Crippen LogP contribution in [0, 0.1) is 0 Å². The molecule has 1 aromatic heterocycles. The van der Waals surface area contributed by atoms with Crippen LogP contribution in [0.5, 0.6) is 0 Å². The van der Waals surface area contributed by atoms with Crippen LogP contribution in [0.4, 0.5) is 10.6 Å². The zero-order chi connectivity index (χ0) is 19.9. The van der Waals surface area contributed by atoms with Crippen molar-refractivity contribution in [1.82, 2.24) is 14.8 Å². The van der Waals surface area contributed by atoms with Crippen molar-refractivity contribution in [2.45, 2.75) is 19.9 Å². The first kappa shape index (κ1) is 19.7. The summed E-state index contributed by atoms with van der Waals surface area (Å²) in [5.74, 6) is 0.652. The highest BCUT2D eigenvalue weighted by atomic mass is 16.6. The summed E-state index contributed by atoms with van der Waals surface area (Å²) in [7, 11) is 0. The van der Waals surface area contributed by atoms with Gasteiger partial charge in [0, 0.05) is 38.4 Å². The fraction of sp³-hybridized carbons (Fsp3) is 0.381. The fourth-order valence-corrected chi connectivity index (χ4v) is 3.14. The number of hydrogen-bond donors (Lipinski definition) is 1. The zero-order valence-electron chi connectivity index (χ0n) is 16.3. The summed E-state index contributed by atoms with van der Waals surface area (Å²) in [6, 6.07) is 13.8. The third-order valence-corrected chi connectivity index (χ3v) is 4.77. The van der Waals surface area contributed by atoms with Crippen molar-refractivity contribution in [3.63, 3.8) is 0 Å². The first-order valence-corrected chi connectivity index (χ1v) is 9.57. The summed E-state index contributed by atoms with van der Waals surface area (Å²) >= 11 is 0. The molecule has 1 aliphatic rings. The van der Waals surface area contributed by atoms with Crippen LogP contribution in [-0.2, 0) is 4.74 Å². The van der Waals surface area contributed by atoms with Gasteiger partial charge in [-0.25, -0.2) is 9.78 Å². The number of benzene rings is 1. The maximum absolute atomic E-state index is 12.7. The van der Waals surface area contributed by atoms with Gasteiger partial charge in [-0.15, -0.1) is 0 Å². The van der Waals surface area contributed by atoms with Crippen molar-refractivity contribution in [2.24, 2.45) is 0 Å². The van der Waals surface area contributed by atoms with E-state index in [1.807, 2.05) is 24.3 Å². The maximum Gasteiger partial charge on any atom is 0.409 e. The number of hydrogen-bond acceptors (Lipinski definition) is 5. The van der Waals surface area contributed by atoms with E-state index in [0.717, 1.165) is 5.82 Å². The Kier molecular flexibility index (Phi) is 6.47. The number of rotatable bonds is 5. The maximum atomic E-state index is 12.7. The molecule has 2 amide bonds. The normalized spacial score (nSPS) is 15.1. The Morgan fingerprint density at radius 2 is 1.75 bits per heavy atom. The Labute approximate surface area is 165 Å². The molecule has 1 aromatic carbocycles. The van der Waals surface area contributed by atoms with Gasteiger partial charge in [0.15, 0.2) is 0 Å². The second-order valence-corrected chi connectivity index (χ2v) is 6.69. The molecule has 1 fully saturated rings. The highest BCUT2D eigenvalue weighted by molar-refractivity contribution is 5.94. The fourth-order valence-electron chi connectivity index (χ4n) is 3.14. The second kappa shape index (κ2) is 9.21. The highest BCUT2D eigenvalue weighted by Crippen LogP contribution is 2.18. The average Bonchev–Trinajstić information content (AvgIpc) is 2.74. The van der Waals surface area contributed by atoms with Crippen molar-refractivity contribution >= 4 is 17.8 Å². The number of nitrogens with zero attached hydrogens (tertiary/aromatic N) is 3. The number of amides is 2. The quantitative estimate of drug-likeness (QED) is 0.860. The van der Waals surface area contributed by atoms with E-state index < -0.39 is 0 Å². The topological polar surface area (TPSA) is 74.8 Å².